The van der Waals surface area contributed by atoms with Crippen molar-refractivity contribution in [1.82, 2.24) is 0 Å². The topological polar surface area (TPSA) is 9.23 Å². The van der Waals surface area contributed by atoms with Crippen molar-refractivity contribution in [2.45, 2.75) is 0 Å². The van der Waals surface area contributed by atoms with Gasteiger partial charge < -0.3 is 4.74 Å². The van der Waals surface area contributed by atoms with E-state index in [0.717, 1.165) is 11.1 Å². The number of rotatable bonds is 6. The van der Waals surface area contributed by atoms with Gasteiger partial charge in [0.05, 0.1) is 13.2 Å². The van der Waals surface area contributed by atoms with Gasteiger partial charge in [-0.2, -0.15) is 0 Å². The summed E-state index contributed by atoms with van der Waals surface area (Å²) >= 11 is 0. The fourth-order valence-corrected chi connectivity index (χ4v) is 1.79. The Hall–Kier alpha value is -2.26. The summed E-state index contributed by atoms with van der Waals surface area (Å²) in [5, 5.41) is 0. The van der Waals surface area contributed by atoms with E-state index in [1.807, 2.05) is 24.3 Å². The van der Waals surface area contributed by atoms with Crippen LogP contribution in [0.15, 0.2) is 60.7 Å². The third-order valence-corrected chi connectivity index (χ3v) is 2.75. The monoisotopic (exact) mass is 286 g/mol. The standard InChI is InChI=1S/C18H16F2O/c19-17-9-1-5-15(13-17)7-3-11-21-12-4-8-16-6-2-10-18(20)14-16/h1-10,13-14H,11-12H2. The fraction of sp³-hybridized carbons (Fsp3) is 0.111. The van der Waals surface area contributed by atoms with Crippen LogP contribution in [0.3, 0.4) is 0 Å². The Morgan fingerprint density at radius 2 is 1.24 bits per heavy atom. The van der Waals surface area contributed by atoms with E-state index in [9.17, 15) is 8.78 Å². The molecule has 0 aliphatic rings. The summed E-state index contributed by atoms with van der Waals surface area (Å²) in [6.45, 7) is 0.869. The van der Waals surface area contributed by atoms with Crippen molar-refractivity contribution >= 4 is 12.2 Å². The maximum absolute atomic E-state index is 12.9. The van der Waals surface area contributed by atoms with Crippen LogP contribution in [0.2, 0.25) is 0 Å². The number of hydrogen-bond donors (Lipinski definition) is 0. The molecule has 21 heavy (non-hydrogen) atoms. The van der Waals surface area contributed by atoms with Gasteiger partial charge in [-0.1, -0.05) is 48.6 Å². The smallest absolute Gasteiger partial charge is 0.123 e. The summed E-state index contributed by atoms with van der Waals surface area (Å²) < 4.78 is 31.2. The molecule has 0 atom stereocenters. The maximum atomic E-state index is 12.9. The Bertz CT molecular complexity index is 577. The van der Waals surface area contributed by atoms with E-state index >= 15 is 0 Å². The number of hydrogen-bond acceptors (Lipinski definition) is 1. The molecule has 1 nitrogen and oxygen atoms in total. The van der Waals surface area contributed by atoms with Crippen LogP contribution in [-0.2, 0) is 4.74 Å². The summed E-state index contributed by atoms with van der Waals surface area (Å²) in [5.74, 6) is -0.507. The highest BCUT2D eigenvalue weighted by atomic mass is 19.1. The molecule has 0 saturated carbocycles. The molecular weight excluding hydrogens is 270 g/mol. The maximum Gasteiger partial charge on any atom is 0.123 e. The van der Waals surface area contributed by atoms with Crippen molar-refractivity contribution in [2.24, 2.45) is 0 Å². The van der Waals surface area contributed by atoms with Gasteiger partial charge in [0.15, 0.2) is 0 Å². The first-order valence-electron chi connectivity index (χ1n) is 6.66. The first kappa shape index (κ1) is 15.1. The van der Waals surface area contributed by atoms with Gasteiger partial charge in [-0.05, 0) is 35.4 Å². The Morgan fingerprint density at radius 3 is 1.67 bits per heavy atom. The van der Waals surface area contributed by atoms with Crippen LogP contribution in [0.25, 0.3) is 12.2 Å². The second-order valence-electron chi connectivity index (χ2n) is 4.45. The molecule has 2 rings (SSSR count). The number of ether oxygens (including phenoxy) is 1. The summed E-state index contributed by atoms with van der Waals surface area (Å²) in [7, 11) is 0. The Labute approximate surface area is 123 Å². The molecular formula is C18H16F2O. The SMILES string of the molecule is Fc1cccc(C=CCOCC=Cc2cccc(F)c2)c1. The van der Waals surface area contributed by atoms with Gasteiger partial charge in [-0.3, -0.25) is 0 Å². The lowest BCUT2D eigenvalue weighted by Gasteiger charge is -1.97. The van der Waals surface area contributed by atoms with E-state index < -0.39 is 0 Å². The average molecular weight is 286 g/mol. The van der Waals surface area contributed by atoms with Crippen molar-refractivity contribution in [3.8, 4) is 0 Å². The van der Waals surface area contributed by atoms with Gasteiger partial charge in [-0.25, -0.2) is 8.78 Å². The van der Waals surface area contributed by atoms with E-state index in [-0.39, 0.29) is 11.6 Å². The van der Waals surface area contributed by atoms with Crippen LogP contribution < -0.4 is 0 Å². The predicted molar refractivity (Wildman–Crippen MR) is 81.7 cm³/mol. The van der Waals surface area contributed by atoms with Gasteiger partial charge in [0.1, 0.15) is 11.6 Å². The fourth-order valence-electron chi connectivity index (χ4n) is 1.79. The highest BCUT2D eigenvalue weighted by Gasteiger charge is 1.91. The summed E-state index contributed by atoms with van der Waals surface area (Å²) in [6.07, 6.45) is 7.26. The molecule has 108 valence electrons. The minimum atomic E-state index is -0.254. The van der Waals surface area contributed by atoms with Crippen molar-refractivity contribution in [3.63, 3.8) is 0 Å². The second kappa shape index (κ2) is 8.12. The quantitative estimate of drug-likeness (QED) is 0.699. The van der Waals surface area contributed by atoms with Crippen LogP contribution in [0.4, 0.5) is 8.78 Å². The van der Waals surface area contributed by atoms with E-state index in [1.54, 1.807) is 24.3 Å². The Kier molecular flexibility index (Phi) is 5.85. The Morgan fingerprint density at radius 1 is 0.762 bits per heavy atom. The van der Waals surface area contributed by atoms with Crippen molar-refractivity contribution in [3.05, 3.63) is 83.4 Å². The molecule has 0 aromatic heterocycles. The van der Waals surface area contributed by atoms with Crippen molar-refractivity contribution in [2.75, 3.05) is 13.2 Å². The minimum Gasteiger partial charge on any atom is -0.373 e. The van der Waals surface area contributed by atoms with Gasteiger partial charge >= 0.3 is 0 Å². The third kappa shape index (κ3) is 5.71. The molecule has 0 N–H and O–H groups in total. The molecule has 0 amide bonds. The molecule has 0 fully saturated rings. The zero-order valence-electron chi connectivity index (χ0n) is 11.5. The minimum absolute atomic E-state index is 0.254. The van der Waals surface area contributed by atoms with E-state index in [1.165, 1.54) is 24.3 Å². The zero-order valence-corrected chi connectivity index (χ0v) is 11.5. The lowest BCUT2D eigenvalue weighted by atomic mass is 10.2. The van der Waals surface area contributed by atoms with Gasteiger partial charge in [0, 0.05) is 0 Å². The molecule has 0 radical (unpaired) electrons. The van der Waals surface area contributed by atoms with E-state index in [0.29, 0.717) is 13.2 Å². The third-order valence-electron chi connectivity index (χ3n) is 2.75. The molecule has 2 aromatic carbocycles. The van der Waals surface area contributed by atoms with Crippen LogP contribution >= 0.6 is 0 Å². The van der Waals surface area contributed by atoms with Crippen molar-refractivity contribution in [1.29, 1.82) is 0 Å². The normalized spacial score (nSPS) is 11.5. The summed E-state index contributed by atoms with van der Waals surface area (Å²) in [5.41, 5.74) is 1.60. The van der Waals surface area contributed by atoms with Crippen molar-refractivity contribution < 1.29 is 13.5 Å². The molecule has 0 unspecified atom stereocenters. The van der Waals surface area contributed by atoms with Crippen LogP contribution in [0.1, 0.15) is 11.1 Å². The predicted octanol–water partition coefficient (Wildman–Crippen LogP) is 4.71. The molecule has 0 aliphatic carbocycles. The Balaban J connectivity index is 1.70. The molecule has 0 bridgehead atoms. The molecule has 3 heteroatoms. The lowest BCUT2D eigenvalue weighted by molar-refractivity contribution is 0.195. The number of benzene rings is 2. The van der Waals surface area contributed by atoms with Crippen LogP contribution in [0.5, 0.6) is 0 Å². The van der Waals surface area contributed by atoms with Gasteiger partial charge in [0.25, 0.3) is 0 Å². The van der Waals surface area contributed by atoms with Crippen LogP contribution in [0, 0.1) is 11.6 Å². The number of halogens is 2. The highest BCUT2D eigenvalue weighted by molar-refractivity contribution is 5.49. The molecule has 0 aliphatic heterocycles. The molecule has 0 heterocycles. The average Bonchev–Trinajstić information content (AvgIpc) is 2.46. The summed E-state index contributed by atoms with van der Waals surface area (Å²) in [6, 6.07) is 12.7. The largest absolute Gasteiger partial charge is 0.373 e. The van der Waals surface area contributed by atoms with E-state index in [2.05, 4.69) is 0 Å². The summed E-state index contributed by atoms with van der Waals surface area (Å²) in [4.78, 5) is 0. The molecule has 0 spiro atoms. The molecule has 2 aromatic rings. The van der Waals surface area contributed by atoms with Gasteiger partial charge in [-0.15, -0.1) is 0 Å². The van der Waals surface area contributed by atoms with Gasteiger partial charge in [0.2, 0.25) is 0 Å². The molecule has 0 saturated heterocycles. The first-order valence-corrected chi connectivity index (χ1v) is 6.66. The van der Waals surface area contributed by atoms with Crippen LogP contribution in [-0.4, -0.2) is 13.2 Å². The van der Waals surface area contributed by atoms with E-state index in [4.69, 9.17) is 4.74 Å². The lowest BCUT2D eigenvalue weighted by Crippen LogP contribution is -1.90. The first-order chi connectivity index (χ1) is 10.2. The second-order valence-corrected chi connectivity index (χ2v) is 4.45. The zero-order chi connectivity index (χ0) is 14.9. The highest BCUT2D eigenvalue weighted by Crippen LogP contribution is 2.06.